The van der Waals surface area contributed by atoms with Crippen LogP contribution in [0.5, 0.6) is 17.2 Å². The molecule has 1 N–H and O–H groups in total. The normalized spacial score (nSPS) is 11.7. The maximum Gasteiger partial charge on any atom is 0.164 e. The lowest BCUT2D eigenvalue weighted by Gasteiger charge is -2.17. The maximum atomic E-state index is 10.2. The van der Waals surface area contributed by atoms with Gasteiger partial charge in [-0.2, -0.15) is 0 Å². The van der Waals surface area contributed by atoms with Crippen molar-refractivity contribution in [3.63, 3.8) is 0 Å². The number of hydrogen-bond donors (Lipinski definition) is 1. The fourth-order valence-electron chi connectivity index (χ4n) is 2.24. The summed E-state index contributed by atoms with van der Waals surface area (Å²) in [5.41, 5.74) is 1.80. The van der Waals surface area contributed by atoms with Crippen LogP contribution in [0.15, 0.2) is 55.1 Å². The molecule has 0 aliphatic rings. The van der Waals surface area contributed by atoms with Crippen LogP contribution in [0.2, 0.25) is 0 Å². The average molecular weight is 270 g/mol. The summed E-state index contributed by atoms with van der Waals surface area (Å²) < 4.78 is 10.5. The summed E-state index contributed by atoms with van der Waals surface area (Å²) >= 11 is 0. The Morgan fingerprint density at radius 2 is 1.65 bits per heavy atom. The molecule has 2 rings (SSSR count). The van der Waals surface area contributed by atoms with Gasteiger partial charge in [0.05, 0.1) is 14.2 Å². The van der Waals surface area contributed by atoms with Gasteiger partial charge in [-0.25, -0.2) is 0 Å². The fourth-order valence-corrected chi connectivity index (χ4v) is 2.24. The molecular weight excluding hydrogens is 252 g/mol. The second-order valence-electron chi connectivity index (χ2n) is 4.39. The van der Waals surface area contributed by atoms with Crippen molar-refractivity contribution in [2.75, 3.05) is 14.2 Å². The minimum atomic E-state index is -0.101. The second-order valence-corrected chi connectivity index (χ2v) is 4.39. The summed E-state index contributed by atoms with van der Waals surface area (Å²) in [6, 6.07) is 13.2. The van der Waals surface area contributed by atoms with Crippen LogP contribution in [0.25, 0.3) is 0 Å². The molecule has 2 aromatic carbocycles. The first-order chi connectivity index (χ1) is 9.71. The predicted molar refractivity (Wildman–Crippen MR) is 79.7 cm³/mol. The van der Waals surface area contributed by atoms with E-state index >= 15 is 0 Å². The van der Waals surface area contributed by atoms with Crippen molar-refractivity contribution in [3.8, 4) is 17.2 Å². The van der Waals surface area contributed by atoms with Gasteiger partial charge in [0.15, 0.2) is 11.5 Å². The van der Waals surface area contributed by atoms with Crippen LogP contribution in [0.4, 0.5) is 0 Å². The van der Waals surface area contributed by atoms with Gasteiger partial charge >= 0.3 is 0 Å². The Kier molecular flexibility index (Phi) is 4.31. The number of aromatic hydroxyl groups is 1. The first-order valence-electron chi connectivity index (χ1n) is 6.33. The van der Waals surface area contributed by atoms with Gasteiger partial charge < -0.3 is 14.6 Å². The molecule has 0 aliphatic carbocycles. The van der Waals surface area contributed by atoms with Crippen molar-refractivity contribution in [3.05, 3.63) is 66.2 Å². The smallest absolute Gasteiger partial charge is 0.164 e. The molecule has 0 amide bonds. The molecule has 20 heavy (non-hydrogen) atoms. The average Bonchev–Trinajstić information content (AvgIpc) is 2.50. The van der Waals surface area contributed by atoms with Gasteiger partial charge in [0.25, 0.3) is 0 Å². The summed E-state index contributed by atoms with van der Waals surface area (Å²) in [6.45, 7) is 3.87. The van der Waals surface area contributed by atoms with E-state index in [1.54, 1.807) is 32.4 Å². The number of hydrogen-bond acceptors (Lipinski definition) is 3. The first kappa shape index (κ1) is 14.0. The largest absolute Gasteiger partial charge is 0.507 e. The zero-order valence-corrected chi connectivity index (χ0v) is 11.7. The Balaban J connectivity index is 2.53. The lowest BCUT2D eigenvalue weighted by molar-refractivity contribution is 0.350. The van der Waals surface area contributed by atoms with Crippen LogP contribution in [0, 0.1) is 0 Å². The molecule has 0 saturated heterocycles. The highest BCUT2D eigenvalue weighted by atomic mass is 16.5. The molecule has 0 bridgehead atoms. The lowest BCUT2D eigenvalue weighted by Crippen LogP contribution is -2.00. The zero-order valence-electron chi connectivity index (χ0n) is 11.7. The number of benzene rings is 2. The van der Waals surface area contributed by atoms with E-state index in [0.29, 0.717) is 11.5 Å². The molecule has 3 heteroatoms. The molecule has 0 radical (unpaired) electrons. The number of ether oxygens (including phenoxy) is 2. The van der Waals surface area contributed by atoms with Gasteiger partial charge in [-0.05, 0) is 11.6 Å². The van der Waals surface area contributed by atoms with Gasteiger partial charge in [0.2, 0.25) is 0 Å². The van der Waals surface area contributed by atoms with E-state index in [-0.39, 0.29) is 11.7 Å². The van der Waals surface area contributed by atoms with Crippen LogP contribution in [0.3, 0.4) is 0 Å². The summed E-state index contributed by atoms with van der Waals surface area (Å²) in [4.78, 5) is 0. The Labute approximate surface area is 119 Å². The minimum Gasteiger partial charge on any atom is -0.507 e. The van der Waals surface area contributed by atoms with Crippen LogP contribution >= 0.6 is 0 Å². The Morgan fingerprint density at radius 1 is 1.05 bits per heavy atom. The minimum absolute atomic E-state index is 0.101. The summed E-state index contributed by atoms with van der Waals surface area (Å²) in [5, 5.41) is 10.2. The van der Waals surface area contributed by atoms with Crippen LogP contribution in [0.1, 0.15) is 17.0 Å². The van der Waals surface area contributed by atoms with Crippen LogP contribution in [-0.4, -0.2) is 19.3 Å². The number of rotatable bonds is 5. The molecule has 0 aliphatic heterocycles. The Bertz CT molecular complexity index is 591. The Hall–Kier alpha value is -2.42. The van der Waals surface area contributed by atoms with Crippen molar-refractivity contribution < 1.29 is 14.6 Å². The molecule has 104 valence electrons. The third-order valence-corrected chi connectivity index (χ3v) is 3.26. The number of methoxy groups -OCH3 is 2. The standard InChI is InChI=1S/C17H18O3/c1-4-13(12-8-6-5-7-9-12)14-10-16(19-2)17(20-3)11-15(14)18/h4-11,13,18H,1H2,2-3H3/t13-/m1/s1. The van der Waals surface area contributed by atoms with Gasteiger partial charge in [-0.15, -0.1) is 6.58 Å². The molecule has 3 nitrogen and oxygen atoms in total. The molecule has 0 fully saturated rings. The van der Waals surface area contributed by atoms with Crippen molar-refractivity contribution >= 4 is 0 Å². The van der Waals surface area contributed by atoms with E-state index in [4.69, 9.17) is 9.47 Å². The number of allylic oxidation sites excluding steroid dienone is 1. The highest BCUT2D eigenvalue weighted by Crippen LogP contribution is 2.40. The SMILES string of the molecule is C=C[C@H](c1ccccc1)c1cc(OC)c(OC)cc1O. The molecule has 0 aromatic heterocycles. The van der Waals surface area contributed by atoms with E-state index in [9.17, 15) is 5.11 Å². The van der Waals surface area contributed by atoms with Crippen LogP contribution < -0.4 is 9.47 Å². The number of phenolic OH excluding ortho intramolecular Hbond substituents is 1. The fraction of sp³-hybridized carbons (Fsp3) is 0.176. The quantitative estimate of drug-likeness (QED) is 0.841. The van der Waals surface area contributed by atoms with E-state index in [1.807, 2.05) is 30.3 Å². The number of phenols is 1. The highest BCUT2D eigenvalue weighted by Gasteiger charge is 2.18. The molecular formula is C17H18O3. The summed E-state index contributed by atoms with van der Waals surface area (Å²) in [6.07, 6.45) is 1.80. The highest BCUT2D eigenvalue weighted by molar-refractivity contribution is 5.54. The van der Waals surface area contributed by atoms with Gasteiger partial charge in [-0.1, -0.05) is 36.4 Å². The van der Waals surface area contributed by atoms with Gasteiger partial charge in [0, 0.05) is 17.5 Å². The van der Waals surface area contributed by atoms with E-state index < -0.39 is 0 Å². The third kappa shape index (κ3) is 2.62. The van der Waals surface area contributed by atoms with Crippen molar-refractivity contribution in [1.29, 1.82) is 0 Å². The monoisotopic (exact) mass is 270 g/mol. The summed E-state index contributed by atoms with van der Waals surface area (Å²) in [5.74, 6) is 1.15. The first-order valence-corrected chi connectivity index (χ1v) is 6.33. The lowest BCUT2D eigenvalue weighted by atomic mass is 9.90. The Morgan fingerprint density at radius 3 is 2.20 bits per heavy atom. The van der Waals surface area contributed by atoms with Crippen LogP contribution in [-0.2, 0) is 0 Å². The van der Waals surface area contributed by atoms with Crippen molar-refractivity contribution in [2.24, 2.45) is 0 Å². The van der Waals surface area contributed by atoms with E-state index in [2.05, 4.69) is 6.58 Å². The molecule has 0 unspecified atom stereocenters. The van der Waals surface area contributed by atoms with Gasteiger partial charge in [0.1, 0.15) is 5.75 Å². The maximum absolute atomic E-state index is 10.2. The molecule has 0 heterocycles. The van der Waals surface area contributed by atoms with Crippen molar-refractivity contribution in [2.45, 2.75) is 5.92 Å². The van der Waals surface area contributed by atoms with Crippen molar-refractivity contribution in [1.82, 2.24) is 0 Å². The predicted octanol–water partition coefficient (Wildman–Crippen LogP) is 3.73. The zero-order chi connectivity index (χ0) is 14.5. The van der Waals surface area contributed by atoms with Gasteiger partial charge in [-0.3, -0.25) is 0 Å². The summed E-state index contributed by atoms with van der Waals surface area (Å²) in [7, 11) is 3.11. The van der Waals surface area contributed by atoms with E-state index in [1.165, 1.54) is 0 Å². The molecule has 2 aromatic rings. The molecule has 0 spiro atoms. The third-order valence-electron chi connectivity index (χ3n) is 3.26. The molecule has 1 atom stereocenters. The second kappa shape index (κ2) is 6.15. The van der Waals surface area contributed by atoms with E-state index in [0.717, 1.165) is 11.1 Å². The molecule has 0 saturated carbocycles. The topological polar surface area (TPSA) is 38.7 Å².